The second kappa shape index (κ2) is 10.5. The third kappa shape index (κ3) is 6.15. The topological polar surface area (TPSA) is 0 Å². The molecule has 0 spiro atoms. The quantitative estimate of drug-likeness (QED) is 0.454. The molecule has 0 nitrogen and oxygen atoms in total. The summed E-state index contributed by atoms with van der Waals surface area (Å²) in [5, 5.41) is 0. The van der Waals surface area contributed by atoms with Crippen LogP contribution in [0.25, 0.3) is 0 Å². The van der Waals surface area contributed by atoms with Crippen LogP contribution in [0.2, 0.25) is 0 Å². The van der Waals surface area contributed by atoms with Crippen molar-refractivity contribution in [2.24, 2.45) is 17.8 Å². The van der Waals surface area contributed by atoms with Crippen LogP contribution in [0.15, 0.2) is 11.1 Å². The van der Waals surface area contributed by atoms with Gasteiger partial charge >= 0.3 is 0 Å². The Kier molecular flexibility index (Phi) is 10.4. The SMILES string of the molecule is CC.CCCC1=C(CC(CC)CC)CC(C)C(C)C1. The number of rotatable bonds is 6. The molecule has 1 rings (SSSR count). The van der Waals surface area contributed by atoms with Crippen LogP contribution in [0.1, 0.15) is 93.4 Å². The molecule has 0 aromatic carbocycles. The van der Waals surface area contributed by atoms with Crippen LogP contribution in [-0.4, -0.2) is 0 Å². The van der Waals surface area contributed by atoms with Gasteiger partial charge in [-0.1, -0.05) is 78.9 Å². The Labute approximate surface area is 123 Å². The van der Waals surface area contributed by atoms with E-state index in [1.807, 2.05) is 25.0 Å². The molecule has 0 aromatic heterocycles. The molecule has 0 amide bonds. The average Bonchev–Trinajstić information content (AvgIpc) is 2.43. The molecule has 114 valence electrons. The van der Waals surface area contributed by atoms with Gasteiger partial charge in [0.25, 0.3) is 0 Å². The average molecular weight is 267 g/mol. The minimum atomic E-state index is 0.903. The van der Waals surface area contributed by atoms with Crippen molar-refractivity contribution >= 4 is 0 Å². The van der Waals surface area contributed by atoms with Crippen LogP contribution in [0.5, 0.6) is 0 Å². The molecule has 0 fully saturated rings. The Morgan fingerprint density at radius 3 is 1.79 bits per heavy atom. The first kappa shape index (κ1) is 18.7. The third-order valence-corrected chi connectivity index (χ3v) is 4.85. The van der Waals surface area contributed by atoms with Crippen molar-refractivity contribution in [3.63, 3.8) is 0 Å². The molecule has 0 aromatic rings. The van der Waals surface area contributed by atoms with E-state index in [0.717, 1.165) is 17.8 Å². The summed E-state index contributed by atoms with van der Waals surface area (Å²) in [7, 11) is 0. The van der Waals surface area contributed by atoms with Gasteiger partial charge in [-0.15, -0.1) is 0 Å². The highest BCUT2D eigenvalue weighted by Crippen LogP contribution is 2.39. The number of allylic oxidation sites excluding steroid dienone is 2. The summed E-state index contributed by atoms with van der Waals surface area (Å²) in [6.45, 7) is 15.9. The van der Waals surface area contributed by atoms with E-state index in [9.17, 15) is 0 Å². The Bertz CT molecular complexity index is 245. The Hall–Kier alpha value is -0.260. The van der Waals surface area contributed by atoms with Gasteiger partial charge in [0.15, 0.2) is 0 Å². The van der Waals surface area contributed by atoms with Crippen LogP contribution >= 0.6 is 0 Å². The summed E-state index contributed by atoms with van der Waals surface area (Å²) in [6.07, 6.45) is 9.53. The van der Waals surface area contributed by atoms with Gasteiger partial charge in [0, 0.05) is 0 Å². The van der Waals surface area contributed by atoms with E-state index in [1.54, 1.807) is 0 Å². The lowest BCUT2D eigenvalue weighted by Gasteiger charge is -2.32. The number of hydrogen-bond donors (Lipinski definition) is 0. The van der Waals surface area contributed by atoms with E-state index in [4.69, 9.17) is 0 Å². The van der Waals surface area contributed by atoms with Crippen LogP contribution in [0, 0.1) is 17.8 Å². The fourth-order valence-corrected chi connectivity index (χ4v) is 3.20. The maximum atomic E-state index is 2.44. The largest absolute Gasteiger partial charge is 0.0707 e. The molecule has 2 atom stereocenters. The molecule has 0 heterocycles. The standard InChI is InChI=1S/C17H32.C2H6/c1-6-9-16-10-13(4)14(5)11-17(16)12-15(7-2)8-3;1-2/h13-15H,6-12H2,1-5H3;1-2H3. The fourth-order valence-electron chi connectivity index (χ4n) is 3.20. The fraction of sp³-hybridized carbons (Fsp3) is 0.895. The van der Waals surface area contributed by atoms with Crippen LogP contribution < -0.4 is 0 Å². The van der Waals surface area contributed by atoms with E-state index in [1.165, 1.54) is 44.9 Å². The third-order valence-electron chi connectivity index (χ3n) is 4.85. The predicted molar refractivity (Wildman–Crippen MR) is 89.5 cm³/mol. The van der Waals surface area contributed by atoms with Gasteiger partial charge in [-0.3, -0.25) is 0 Å². The molecular formula is C19H38. The molecule has 0 aliphatic heterocycles. The van der Waals surface area contributed by atoms with Gasteiger partial charge in [-0.05, 0) is 43.4 Å². The molecule has 0 radical (unpaired) electrons. The van der Waals surface area contributed by atoms with E-state index in [0.29, 0.717) is 0 Å². The van der Waals surface area contributed by atoms with E-state index in [2.05, 4.69) is 34.6 Å². The summed E-state index contributed by atoms with van der Waals surface area (Å²) in [4.78, 5) is 0. The van der Waals surface area contributed by atoms with Crippen molar-refractivity contribution in [3.8, 4) is 0 Å². The highest BCUT2D eigenvalue weighted by molar-refractivity contribution is 5.19. The molecule has 0 saturated carbocycles. The van der Waals surface area contributed by atoms with Crippen LogP contribution in [-0.2, 0) is 0 Å². The van der Waals surface area contributed by atoms with E-state index >= 15 is 0 Å². The van der Waals surface area contributed by atoms with E-state index in [-0.39, 0.29) is 0 Å². The first-order chi connectivity index (χ1) is 9.12. The smallest absolute Gasteiger partial charge is 0.0289 e. The Morgan fingerprint density at radius 2 is 1.37 bits per heavy atom. The van der Waals surface area contributed by atoms with Gasteiger partial charge in [0.1, 0.15) is 0 Å². The first-order valence-corrected chi connectivity index (χ1v) is 8.81. The van der Waals surface area contributed by atoms with Crippen molar-refractivity contribution in [3.05, 3.63) is 11.1 Å². The molecule has 2 unspecified atom stereocenters. The number of hydrogen-bond acceptors (Lipinski definition) is 0. The van der Waals surface area contributed by atoms with Crippen molar-refractivity contribution in [2.45, 2.75) is 93.4 Å². The summed E-state index contributed by atoms with van der Waals surface area (Å²) in [5.41, 5.74) is 3.66. The Balaban J connectivity index is 0.00000154. The lowest BCUT2D eigenvalue weighted by atomic mass is 9.74. The molecule has 0 heteroatoms. The lowest BCUT2D eigenvalue weighted by Crippen LogP contribution is -2.18. The normalized spacial score (nSPS) is 23.4. The van der Waals surface area contributed by atoms with Gasteiger partial charge in [-0.2, -0.15) is 0 Å². The van der Waals surface area contributed by atoms with Crippen LogP contribution in [0.3, 0.4) is 0 Å². The summed E-state index contributed by atoms with van der Waals surface area (Å²) < 4.78 is 0. The summed E-state index contributed by atoms with van der Waals surface area (Å²) >= 11 is 0. The highest BCUT2D eigenvalue weighted by atomic mass is 14.3. The van der Waals surface area contributed by atoms with Crippen molar-refractivity contribution in [1.82, 2.24) is 0 Å². The first-order valence-electron chi connectivity index (χ1n) is 8.81. The van der Waals surface area contributed by atoms with Crippen LogP contribution in [0.4, 0.5) is 0 Å². The zero-order chi connectivity index (χ0) is 14.8. The van der Waals surface area contributed by atoms with Gasteiger partial charge in [-0.25, -0.2) is 0 Å². The lowest BCUT2D eigenvalue weighted by molar-refractivity contribution is 0.337. The second-order valence-electron chi connectivity index (χ2n) is 6.21. The maximum absolute atomic E-state index is 2.44. The molecule has 0 N–H and O–H groups in total. The minimum absolute atomic E-state index is 0.903. The van der Waals surface area contributed by atoms with Gasteiger partial charge in [0.2, 0.25) is 0 Å². The predicted octanol–water partition coefficient (Wildman–Crippen LogP) is 7.00. The molecule has 0 bridgehead atoms. The zero-order valence-corrected chi connectivity index (χ0v) is 14.7. The molecule has 1 aliphatic rings. The maximum Gasteiger partial charge on any atom is -0.0289 e. The minimum Gasteiger partial charge on any atom is -0.0707 e. The van der Waals surface area contributed by atoms with Crippen molar-refractivity contribution in [1.29, 1.82) is 0 Å². The Morgan fingerprint density at radius 1 is 0.895 bits per heavy atom. The molecule has 1 aliphatic carbocycles. The second-order valence-corrected chi connectivity index (χ2v) is 6.21. The summed E-state index contributed by atoms with van der Waals surface area (Å²) in [6, 6.07) is 0. The van der Waals surface area contributed by atoms with Crippen molar-refractivity contribution < 1.29 is 0 Å². The van der Waals surface area contributed by atoms with Gasteiger partial charge < -0.3 is 0 Å². The molecular weight excluding hydrogens is 228 g/mol. The monoisotopic (exact) mass is 266 g/mol. The van der Waals surface area contributed by atoms with Crippen molar-refractivity contribution in [2.75, 3.05) is 0 Å². The van der Waals surface area contributed by atoms with E-state index < -0.39 is 0 Å². The molecule has 0 saturated heterocycles. The zero-order valence-electron chi connectivity index (χ0n) is 14.7. The highest BCUT2D eigenvalue weighted by Gasteiger charge is 2.24. The summed E-state index contributed by atoms with van der Waals surface area (Å²) in [5.74, 6) is 2.74. The van der Waals surface area contributed by atoms with Gasteiger partial charge in [0.05, 0.1) is 0 Å². The molecule has 19 heavy (non-hydrogen) atoms.